The SMILES string of the molecule is CNCCC(CC(C)C)c1cccc(C)c1. The molecule has 1 unspecified atom stereocenters. The summed E-state index contributed by atoms with van der Waals surface area (Å²) in [4.78, 5) is 0. The third kappa shape index (κ3) is 4.36. The fourth-order valence-corrected chi connectivity index (χ4v) is 2.23. The van der Waals surface area contributed by atoms with Gasteiger partial charge in [-0.25, -0.2) is 0 Å². The molecule has 1 atom stereocenters. The Morgan fingerprint density at radius 3 is 2.56 bits per heavy atom. The molecule has 1 heteroatoms. The van der Waals surface area contributed by atoms with Crippen molar-refractivity contribution in [2.75, 3.05) is 13.6 Å². The van der Waals surface area contributed by atoms with E-state index in [0.29, 0.717) is 5.92 Å². The van der Waals surface area contributed by atoms with Crippen LogP contribution >= 0.6 is 0 Å². The summed E-state index contributed by atoms with van der Waals surface area (Å²) in [6, 6.07) is 8.96. The van der Waals surface area contributed by atoms with E-state index in [9.17, 15) is 0 Å². The molecule has 0 aliphatic rings. The third-order valence-electron chi connectivity index (χ3n) is 3.01. The van der Waals surface area contributed by atoms with Crippen molar-refractivity contribution in [2.45, 2.75) is 39.5 Å². The van der Waals surface area contributed by atoms with Crippen LogP contribution in [0.1, 0.15) is 43.7 Å². The second kappa shape index (κ2) is 6.70. The Morgan fingerprint density at radius 1 is 1.25 bits per heavy atom. The van der Waals surface area contributed by atoms with Gasteiger partial charge in [0, 0.05) is 0 Å². The first-order valence-electron chi connectivity index (χ1n) is 6.34. The molecule has 0 amide bonds. The second-order valence-corrected chi connectivity index (χ2v) is 5.13. The molecule has 1 aromatic carbocycles. The third-order valence-corrected chi connectivity index (χ3v) is 3.01. The Bertz CT molecular complexity index is 304. The van der Waals surface area contributed by atoms with Crippen LogP contribution in [0.3, 0.4) is 0 Å². The summed E-state index contributed by atoms with van der Waals surface area (Å²) in [5, 5.41) is 3.26. The van der Waals surface area contributed by atoms with E-state index in [-0.39, 0.29) is 0 Å². The van der Waals surface area contributed by atoms with Crippen LogP contribution in [0.25, 0.3) is 0 Å². The minimum absolute atomic E-state index is 0.701. The molecule has 16 heavy (non-hydrogen) atoms. The summed E-state index contributed by atoms with van der Waals surface area (Å²) in [7, 11) is 2.03. The molecule has 1 nitrogen and oxygen atoms in total. The van der Waals surface area contributed by atoms with Gasteiger partial charge >= 0.3 is 0 Å². The van der Waals surface area contributed by atoms with Crippen LogP contribution in [-0.2, 0) is 0 Å². The molecule has 0 aliphatic carbocycles. The predicted octanol–water partition coefficient (Wildman–Crippen LogP) is 3.73. The molecule has 0 radical (unpaired) electrons. The van der Waals surface area contributed by atoms with E-state index in [2.05, 4.69) is 50.4 Å². The van der Waals surface area contributed by atoms with Crippen molar-refractivity contribution in [3.63, 3.8) is 0 Å². The highest BCUT2D eigenvalue weighted by molar-refractivity contribution is 5.25. The first-order chi connectivity index (χ1) is 7.63. The molecule has 1 aromatic rings. The Morgan fingerprint density at radius 2 is 2.00 bits per heavy atom. The van der Waals surface area contributed by atoms with Gasteiger partial charge in [-0.1, -0.05) is 43.7 Å². The van der Waals surface area contributed by atoms with Gasteiger partial charge in [0.2, 0.25) is 0 Å². The lowest BCUT2D eigenvalue weighted by molar-refractivity contribution is 0.470. The summed E-state index contributed by atoms with van der Waals surface area (Å²) in [6.45, 7) is 7.89. The monoisotopic (exact) mass is 219 g/mol. The van der Waals surface area contributed by atoms with E-state index < -0.39 is 0 Å². The normalized spacial score (nSPS) is 13.1. The average Bonchev–Trinajstić information content (AvgIpc) is 2.23. The highest BCUT2D eigenvalue weighted by Gasteiger charge is 2.12. The highest BCUT2D eigenvalue weighted by atomic mass is 14.8. The van der Waals surface area contributed by atoms with Crippen molar-refractivity contribution in [1.82, 2.24) is 5.32 Å². The van der Waals surface area contributed by atoms with Gasteiger partial charge in [-0.3, -0.25) is 0 Å². The first-order valence-corrected chi connectivity index (χ1v) is 6.34. The number of hydrogen-bond donors (Lipinski definition) is 1. The molecule has 0 saturated heterocycles. The summed E-state index contributed by atoms with van der Waals surface area (Å²) in [5.74, 6) is 1.47. The molecule has 0 bridgehead atoms. The van der Waals surface area contributed by atoms with Crippen LogP contribution in [0.5, 0.6) is 0 Å². The molecule has 0 aromatic heterocycles. The van der Waals surface area contributed by atoms with E-state index in [4.69, 9.17) is 0 Å². The van der Waals surface area contributed by atoms with Crippen LogP contribution in [0.2, 0.25) is 0 Å². The van der Waals surface area contributed by atoms with Crippen molar-refractivity contribution in [3.05, 3.63) is 35.4 Å². The molecular weight excluding hydrogens is 194 g/mol. The van der Waals surface area contributed by atoms with Crippen LogP contribution in [-0.4, -0.2) is 13.6 Å². The topological polar surface area (TPSA) is 12.0 Å². The number of hydrogen-bond acceptors (Lipinski definition) is 1. The quantitative estimate of drug-likeness (QED) is 0.768. The average molecular weight is 219 g/mol. The molecule has 1 rings (SSSR count). The predicted molar refractivity (Wildman–Crippen MR) is 71.9 cm³/mol. The van der Waals surface area contributed by atoms with Crippen LogP contribution in [0.15, 0.2) is 24.3 Å². The minimum atomic E-state index is 0.701. The fourth-order valence-electron chi connectivity index (χ4n) is 2.23. The molecule has 90 valence electrons. The molecule has 0 saturated carbocycles. The lowest BCUT2D eigenvalue weighted by Gasteiger charge is -2.19. The van der Waals surface area contributed by atoms with Crippen molar-refractivity contribution in [2.24, 2.45) is 5.92 Å². The Hall–Kier alpha value is -0.820. The molecule has 0 spiro atoms. The van der Waals surface area contributed by atoms with E-state index in [0.717, 1.165) is 12.5 Å². The number of nitrogens with one attached hydrogen (secondary N) is 1. The maximum Gasteiger partial charge on any atom is -0.00461 e. The standard InChI is InChI=1S/C15H25N/c1-12(2)10-15(8-9-16-4)14-7-5-6-13(3)11-14/h5-7,11-12,15-16H,8-10H2,1-4H3. The number of benzene rings is 1. The summed E-state index contributed by atoms with van der Waals surface area (Å²) >= 11 is 0. The molecule has 0 aliphatic heterocycles. The molecule has 0 fully saturated rings. The van der Waals surface area contributed by atoms with Gasteiger partial charge in [0.1, 0.15) is 0 Å². The highest BCUT2D eigenvalue weighted by Crippen LogP contribution is 2.27. The largest absolute Gasteiger partial charge is 0.320 e. The molecular formula is C15H25N. The Balaban J connectivity index is 2.74. The van der Waals surface area contributed by atoms with E-state index in [1.807, 2.05) is 7.05 Å². The molecule has 1 N–H and O–H groups in total. The van der Waals surface area contributed by atoms with E-state index in [1.54, 1.807) is 0 Å². The van der Waals surface area contributed by atoms with E-state index in [1.165, 1.54) is 24.0 Å². The summed E-state index contributed by atoms with van der Waals surface area (Å²) < 4.78 is 0. The number of aryl methyl sites for hydroxylation is 1. The maximum atomic E-state index is 3.26. The van der Waals surface area contributed by atoms with Crippen molar-refractivity contribution < 1.29 is 0 Å². The summed E-state index contributed by atoms with van der Waals surface area (Å²) in [5.41, 5.74) is 2.87. The fraction of sp³-hybridized carbons (Fsp3) is 0.600. The van der Waals surface area contributed by atoms with Crippen molar-refractivity contribution >= 4 is 0 Å². The number of rotatable bonds is 6. The van der Waals surface area contributed by atoms with Gasteiger partial charge in [0.25, 0.3) is 0 Å². The lowest BCUT2D eigenvalue weighted by Crippen LogP contribution is -2.13. The van der Waals surface area contributed by atoms with Crippen molar-refractivity contribution in [3.8, 4) is 0 Å². The van der Waals surface area contributed by atoms with Gasteiger partial charge < -0.3 is 5.32 Å². The van der Waals surface area contributed by atoms with Crippen LogP contribution < -0.4 is 5.32 Å². The van der Waals surface area contributed by atoms with Gasteiger partial charge in [-0.15, -0.1) is 0 Å². The van der Waals surface area contributed by atoms with Gasteiger partial charge in [-0.2, -0.15) is 0 Å². The zero-order valence-corrected chi connectivity index (χ0v) is 11.1. The smallest absolute Gasteiger partial charge is 0.00461 e. The Labute approximate surface area is 100 Å². The first kappa shape index (κ1) is 13.2. The maximum absolute atomic E-state index is 3.26. The minimum Gasteiger partial charge on any atom is -0.320 e. The zero-order valence-electron chi connectivity index (χ0n) is 11.1. The lowest BCUT2D eigenvalue weighted by atomic mass is 9.87. The van der Waals surface area contributed by atoms with Gasteiger partial charge in [0.15, 0.2) is 0 Å². The van der Waals surface area contributed by atoms with Gasteiger partial charge in [0.05, 0.1) is 0 Å². The van der Waals surface area contributed by atoms with Crippen molar-refractivity contribution in [1.29, 1.82) is 0 Å². The van der Waals surface area contributed by atoms with Gasteiger partial charge in [-0.05, 0) is 50.8 Å². The zero-order chi connectivity index (χ0) is 12.0. The van der Waals surface area contributed by atoms with Crippen LogP contribution in [0, 0.1) is 12.8 Å². The Kier molecular flexibility index (Phi) is 5.54. The molecule has 0 heterocycles. The summed E-state index contributed by atoms with van der Waals surface area (Å²) in [6.07, 6.45) is 2.52. The second-order valence-electron chi connectivity index (χ2n) is 5.13. The van der Waals surface area contributed by atoms with Crippen LogP contribution in [0.4, 0.5) is 0 Å². The van der Waals surface area contributed by atoms with E-state index >= 15 is 0 Å².